The molecule has 0 saturated carbocycles. The quantitative estimate of drug-likeness (QED) is 0.847. The fraction of sp³-hybridized carbons (Fsp3) is 0.125. The van der Waals surface area contributed by atoms with Gasteiger partial charge in [0.05, 0.1) is 5.33 Å². The van der Waals surface area contributed by atoms with Gasteiger partial charge in [-0.05, 0) is 12.1 Å². The van der Waals surface area contributed by atoms with Crippen molar-refractivity contribution in [2.75, 3.05) is 0 Å². The number of primary sulfonamides is 1. The molecule has 1 aromatic carbocycles. The molecule has 0 aliphatic rings. The van der Waals surface area contributed by atoms with Crippen molar-refractivity contribution in [2.45, 2.75) is 10.2 Å². The molecular formula is C8H7BrN2O3S. The monoisotopic (exact) mass is 290 g/mol. The Hall–Kier alpha value is -0.920. The van der Waals surface area contributed by atoms with E-state index < -0.39 is 10.0 Å². The summed E-state index contributed by atoms with van der Waals surface area (Å²) in [6.45, 7) is 0. The molecule has 1 aromatic heterocycles. The molecule has 0 aliphatic carbocycles. The lowest BCUT2D eigenvalue weighted by Gasteiger charge is -1.96. The van der Waals surface area contributed by atoms with Gasteiger partial charge in [0.25, 0.3) is 0 Å². The summed E-state index contributed by atoms with van der Waals surface area (Å²) in [7, 11) is -3.76. The molecule has 15 heavy (non-hydrogen) atoms. The van der Waals surface area contributed by atoms with Crippen LogP contribution in [0.3, 0.4) is 0 Å². The highest BCUT2D eigenvalue weighted by molar-refractivity contribution is 9.08. The van der Waals surface area contributed by atoms with Crippen LogP contribution in [0, 0.1) is 0 Å². The fourth-order valence-corrected chi connectivity index (χ4v) is 2.18. The topological polar surface area (TPSA) is 86.2 Å². The van der Waals surface area contributed by atoms with E-state index in [1.165, 1.54) is 6.07 Å². The van der Waals surface area contributed by atoms with E-state index in [0.717, 1.165) is 0 Å². The lowest BCUT2D eigenvalue weighted by atomic mass is 10.3. The number of alkyl halides is 1. The summed E-state index contributed by atoms with van der Waals surface area (Å²) < 4.78 is 27.7. The number of nitrogens with two attached hydrogens (primary N) is 1. The van der Waals surface area contributed by atoms with E-state index in [4.69, 9.17) is 9.56 Å². The van der Waals surface area contributed by atoms with Crippen LogP contribution >= 0.6 is 15.9 Å². The molecule has 0 aliphatic heterocycles. The molecule has 0 amide bonds. The lowest BCUT2D eigenvalue weighted by Crippen LogP contribution is -2.12. The molecule has 2 rings (SSSR count). The van der Waals surface area contributed by atoms with Crippen molar-refractivity contribution in [1.29, 1.82) is 0 Å². The Balaban J connectivity index is 2.81. The second-order valence-electron chi connectivity index (χ2n) is 2.89. The average Bonchev–Trinajstić information content (AvgIpc) is 2.57. The smallest absolute Gasteiger partial charge is 0.240 e. The number of benzene rings is 1. The molecule has 0 saturated heterocycles. The van der Waals surface area contributed by atoms with Gasteiger partial charge in [0, 0.05) is 0 Å². The van der Waals surface area contributed by atoms with E-state index in [2.05, 4.69) is 20.9 Å². The second-order valence-corrected chi connectivity index (χ2v) is 4.98. The molecule has 2 N–H and O–H groups in total. The van der Waals surface area contributed by atoms with Crippen molar-refractivity contribution in [2.24, 2.45) is 5.14 Å². The maximum Gasteiger partial charge on any atom is 0.240 e. The van der Waals surface area contributed by atoms with Crippen molar-refractivity contribution in [3.8, 4) is 0 Å². The molecule has 0 bridgehead atoms. The Bertz CT molecular complexity index is 605. The number of rotatable bonds is 2. The minimum atomic E-state index is -3.76. The first-order valence-electron chi connectivity index (χ1n) is 3.99. The van der Waals surface area contributed by atoms with Gasteiger partial charge in [-0.1, -0.05) is 22.0 Å². The predicted molar refractivity (Wildman–Crippen MR) is 58.0 cm³/mol. The maximum atomic E-state index is 11.2. The van der Waals surface area contributed by atoms with E-state index >= 15 is 0 Å². The normalized spacial score (nSPS) is 12.1. The van der Waals surface area contributed by atoms with E-state index in [-0.39, 0.29) is 10.4 Å². The number of nitrogens with zero attached hydrogens (tertiary/aromatic N) is 1. The number of halogens is 1. The largest absolute Gasteiger partial charge is 0.440 e. The lowest BCUT2D eigenvalue weighted by molar-refractivity contribution is 0.557. The van der Waals surface area contributed by atoms with Crippen LogP contribution in [0.2, 0.25) is 0 Å². The van der Waals surface area contributed by atoms with Crippen LogP contribution in [0.5, 0.6) is 0 Å². The molecule has 2 aromatic rings. The minimum Gasteiger partial charge on any atom is -0.440 e. The third-order valence-electron chi connectivity index (χ3n) is 1.85. The molecular weight excluding hydrogens is 284 g/mol. The van der Waals surface area contributed by atoms with E-state index in [9.17, 15) is 8.42 Å². The van der Waals surface area contributed by atoms with Crippen molar-refractivity contribution < 1.29 is 12.8 Å². The Morgan fingerprint density at radius 1 is 1.47 bits per heavy atom. The Kier molecular flexibility index (Phi) is 2.53. The van der Waals surface area contributed by atoms with Gasteiger partial charge in [-0.2, -0.15) is 0 Å². The second kappa shape index (κ2) is 3.58. The zero-order valence-corrected chi connectivity index (χ0v) is 9.88. The van der Waals surface area contributed by atoms with E-state index in [1.807, 2.05) is 0 Å². The highest BCUT2D eigenvalue weighted by Crippen LogP contribution is 2.23. The van der Waals surface area contributed by atoms with Crippen LogP contribution in [-0.2, 0) is 15.4 Å². The van der Waals surface area contributed by atoms with Crippen molar-refractivity contribution in [3.05, 3.63) is 24.1 Å². The first-order valence-corrected chi connectivity index (χ1v) is 6.66. The van der Waals surface area contributed by atoms with Gasteiger partial charge >= 0.3 is 0 Å². The number of hydrogen-bond donors (Lipinski definition) is 1. The van der Waals surface area contributed by atoms with Crippen molar-refractivity contribution >= 4 is 37.1 Å². The highest BCUT2D eigenvalue weighted by atomic mass is 79.9. The van der Waals surface area contributed by atoms with E-state index in [1.54, 1.807) is 12.1 Å². The predicted octanol–water partition coefficient (Wildman–Crippen LogP) is 1.37. The van der Waals surface area contributed by atoms with Crippen LogP contribution in [0.25, 0.3) is 11.1 Å². The fourth-order valence-electron chi connectivity index (χ4n) is 1.26. The Morgan fingerprint density at radius 3 is 2.80 bits per heavy atom. The number of hydrogen-bond acceptors (Lipinski definition) is 4. The van der Waals surface area contributed by atoms with Gasteiger partial charge < -0.3 is 4.42 Å². The Morgan fingerprint density at radius 2 is 2.20 bits per heavy atom. The first kappa shape index (κ1) is 10.6. The molecule has 5 nitrogen and oxygen atoms in total. The molecule has 0 radical (unpaired) electrons. The van der Waals surface area contributed by atoms with Crippen LogP contribution in [0.15, 0.2) is 27.5 Å². The number of fused-ring (bicyclic) bond motifs is 1. The third kappa shape index (κ3) is 1.90. The molecule has 7 heteroatoms. The van der Waals surface area contributed by atoms with Gasteiger partial charge in [0.1, 0.15) is 10.4 Å². The third-order valence-corrected chi connectivity index (χ3v) is 3.27. The molecule has 0 spiro atoms. The van der Waals surface area contributed by atoms with Gasteiger partial charge in [-0.3, -0.25) is 0 Å². The first-order chi connectivity index (χ1) is 7.02. The molecule has 1 heterocycles. The van der Waals surface area contributed by atoms with Gasteiger partial charge in [-0.15, -0.1) is 0 Å². The van der Waals surface area contributed by atoms with Crippen molar-refractivity contribution in [3.63, 3.8) is 0 Å². The summed E-state index contributed by atoms with van der Waals surface area (Å²) in [6.07, 6.45) is 0. The number of sulfonamides is 1. The Labute approximate surface area is 94.5 Å². The molecule has 80 valence electrons. The summed E-state index contributed by atoms with van der Waals surface area (Å²) in [5.41, 5.74) is 0.686. The molecule has 0 fully saturated rings. The number of para-hydroxylation sites is 1. The summed E-state index contributed by atoms with van der Waals surface area (Å²) in [4.78, 5) is 4.01. The summed E-state index contributed by atoms with van der Waals surface area (Å²) in [5.74, 6) is 0.418. The molecule has 0 atom stereocenters. The zero-order chi connectivity index (χ0) is 11.1. The van der Waals surface area contributed by atoms with Gasteiger partial charge in [0.15, 0.2) is 5.58 Å². The highest BCUT2D eigenvalue weighted by Gasteiger charge is 2.16. The molecule has 0 unspecified atom stereocenters. The average molecular weight is 291 g/mol. The SMILES string of the molecule is NS(=O)(=O)c1cccc2oc(CBr)nc12. The summed E-state index contributed by atoms with van der Waals surface area (Å²) >= 11 is 3.17. The van der Waals surface area contributed by atoms with Gasteiger partial charge in [0.2, 0.25) is 15.9 Å². The minimum absolute atomic E-state index is 0.0176. The summed E-state index contributed by atoms with van der Waals surface area (Å²) in [6, 6.07) is 4.60. The van der Waals surface area contributed by atoms with Crippen LogP contribution < -0.4 is 5.14 Å². The van der Waals surface area contributed by atoms with E-state index in [0.29, 0.717) is 16.8 Å². The summed E-state index contributed by atoms with van der Waals surface area (Å²) in [5, 5.41) is 5.47. The maximum absolute atomic E-state index is 11.2. The van der Waals surface area contributed by atoms with Gasteiger partial charge in [-0.25, -0.2) is 18.5 Å². The standard InChI is InChI=1S/C8H7BrN2O3S/c9-4-7-11-8-5(14-7)2-1-3-6(8)15(10,12)13/h1-3H,4H2,(H2,10,12,13). The zero-order valence-electron chi connectivity index (χ0n) is 7.47. The van der Waals surface area contributed by atoms with Crippen molar-refractivity contribution in [1.82, 2.24) is 4.98 Å². The van der Waals surface area contributed by atoms with Crippen LogP contribution in [0.4, 0.5) is 0 Å². The van der Waals surface area contributed by atoms with Crippen LogP contribution in [-0.4, -0.2) is 13.4 Å². The number of oxazole rings is 1. The number of aromatic nitrogens is 1. The van der Waals surface area contributed by atoms with Crippen LogP contribution in [0.1, 0.15) is 5.89 Å².